The molecule has 6 rings (SSSR count). The van der Waals surface area contributed by atoms with Gasteiger partial charge in [-0.1, -0.05) is 97.4 Å². The molecule has 6 aromatic carbocycles. The van der Waals surface area contributed by atoms with Crippen LogP contribution in [0.5, 0.6) is 0 Å². The van der Waals surface area contributed by atoms with Crippen molar-refractivity contribution in [3.63, 3.8) is 0 Å². The van der Waals surface area contributed by atoms with Crippen LogP contribution in [0.25, 0.3) is 32.3 Å². The predicted octanol–water partition coefficient (Wildman–Crippen LogP) is 9.03. The second-order valence-electron chi connectivity index (χ2n) is 8.93. The molecule has 0 bridgehead atoms. The SMILES string of the molecule is CC(=Nc1cccc2cccc(N=C(C)c3[c-]ccc4ccccc34)c12)c1[c-]ccc2ccccc12.[Pd+2]. The van der Waals surface area contributed by atoms with Crippen LogP contribution in [0.3, 0.4) is 0 Å². The van der Waals surface area contributed by atoms with Gasteiger partial charge in [-0.25, -0.2) is 0 Å². The molecule has 0 saturated heterocycles. The van der Waals surface area contributed by atoms with Gasteiger partial charge in [-0.15, -0.1) is 58.3 Å². The molecule has 0 aliphatic carbocycles. The maximum atomic E-state index is 5.11. The van der Waals surface area contributed by atoms with Crippen molar-refractivity contribution in [2.75, 3.05) is 0 Å². The van der Waals surface area contributed by atoms with Crippen LogP contribution in [-0.2, 0) is 20.4 Å². The molecule has 0 heterocycles. The fraction of sp³-hybridized carbons (Fsp3) is 0.0588. The zero-order chi connectivity index (χ0) is 24.5. The molecule has 0 aliphatic rings. The van der Waals surface area contributed by atoms with Gasteiger partial charge in [-0.3, -0.25) is 0 Å². The van der Waals surface area contributed by atoms with Crippen molar-refractivity contribution in [3.8, 4) is 0 Å². The van der Waals surface area contributed by atoms with Crippen LogP contribution < -0.4 is 0 Å². The van der Waals surface area contributed by atoms with E-state index in [9.17, 15) is 0 Å². The topological polar surface area (TPSA) is 24.7 Å². The number of benzene rings is 6. The standard InChI is InChI=1S/C34H24N2.Pd/c1-23(28-19-7-13-25-11-3-5-17-30(25)28)35-32-21-9-15-27-16-10-22-33(34(27)32)36-24(2)29-20-8-14-26-12-4-6-18-31(26)29;/h3-18,21-22H,1-2H3;/q-2;+2. The molecule has 2 nitrogen and oxygen atoms in total. The van der Waals surface area contributed by atoms with E-state index in [4.69, 9.17) is 9.98 Å². The summed E-state index contributed by atoms with van der Waals surface area (Å²) in [6.07, 6.45) is 0. The summed E-state index contributed by atoms with van der Waals surface area (Å²) < 4.78 is 0. The molecule has 0 aromatic heterocycles. The summed E-state index contributed by atoms with van der Waals surface area (Å²) in [6, 6.07) is 44.1. The zero-order valence-electron chi connectivity index (χ0n) is 20.6. The van der Waals surface area contributed by atoms with Crippen LogP contribution in [0, 0.1) is 12.1 Å². The Balaban J connectivity index is 0.00000280. The largest absolute Gasteiger partial charge is 2.00 e. The van der Waals surface area contributed by atoms with Gasteiger partial charge in [0, 0.05) is 5.39 Å². The number of aliphatic imine (C=N–C) groups is 2. The van der Waals surface area contributed by atoms with Crippen molar-refractivity contribution < 1.29 is 20.4 Å². The number of hydrogen-bond donors (Lipinski definition) is 0. The Labute approximate surface area is 231 Å². The van der Waals surface area contributed by atoms with Crippen molar-refractivity contribution in [2.45, 2.75) is 13.8 Å². The van der Waals surface area contributed by atoms with Gasteiger partial charge in [0.1, 0.15) is 0 Å². The minimum absolute atomic E-state index is 0. The van der Waals surface area contributed by atoms with Crippen molar-refractivity contribution in [2.24, 2.45) is 9.98 Å². The van der Waals surface area contributed by atoms with Crippen LogP contribution in [0.1, 0.15) is 25.0 Å². The maximum absolute atomic E-state index is 5.11. The number of hydrogen-bond acceptors (Lipinski definition) is 2. The van der Waals surface area contributed by atoms with Gasteiger partial charge >= 0.3 is 20.4 Å². The number of nitrogens with zero attached hydrogens (tertiary/aromatic N) is 2. The average molecular weight is 567 g/mol. The third kappa shape index (κ3) is 4.77. The molecule has 0 spiro atoms. The fourth-order valence-corrected chi connectivity index (χ4v) is 4.88. The van der Waals surface area contributed by atoms with Crippen LogP contribution in [0.2, 0.25) is 0 Å². The molecule has 0 aliphatic heterocycles. The Bertz CT molecular complexity index is 1670. The maximum Gasteiger partial charge on any atom is 2.00 e. The Morgan fingerprint density at radius 1 is 0.514 bits per heavy atom. The Morgan fingerprint density at radius 2 is 0.946 bits per heavy atom. The number of rotatable bonds is 4. The second kappa shape index (κ2) is 10.6. The molecule has 0 amide bonds. The molecule has 37 heavy (non-hydrogen) atoms. The third-order valence-corrected chi connectivity index (χ3v) is 6.60. The first-order chi connectivity index (χ1) is 17.7. The van der Waals surface area contributed by atoms with E-state index in [1.54, 1.807) is 0 Å². The normalized spacial score (nSPS) is 12.2. The van der Waals surface area contributed by atoms with Gasteiger partial charge in [0.2, 0.25) is 0 Å². The van der Waals surface area contributed by atoms with Crippen molar-refractivity contribution >= 4 is 55.1 Å². The molecule has 3 heteroatoms. The van der Waals surface area contributed by atoms with Gasteiger partial charge < -0.3 is 9.98 Å². The summed E-state index contributed by atoms with van der Waals surface area (Å²) in [5, 5.41) is 6.84. The summed E-state index contributed by atoms with van der Waals surface area (Å²) in [5.41, 5.74) is 5.70. The van der Waals surface area contributed by atoms with Crippen molar-refractivity contribution in [1.29, 1.82) is 0 Å². The first-order valence-electron chi connectivity index (χ1n) is 12.1. The van der Waals surface area contributed by atoms with Gasteiger partial charge in [0.05, 0.1) is 11.4 Å². The first kappa shape index (κ1) is 24.8. The third-order valence-electron chi connectivity index (χ3n) is 6.60. The van der Waals surface area contributed by atoms with Crippen LogP contribution in [0.4, 0.5) is 11.4 Å². The number of fused-ring (bicyclic) bond motifs is 3. The van der Waals surface area contributed by atoms with E-state index >= 15 is 0 Å². The second-order valence-corrected chi connectivity index (χ2v) is 8.93. The zero-order valence-corrected chi connectivity index (χ0v) is 22.2. The van der Waals surface area contributed by atoms with Crippen molar-refractivity contribution in [3.05, 3.63) is 132 Å². The predicted molar refractivity (Wildman–Crippen MR) is 153 cm³/mol. The molecular formula is C34H24N2Pd. The van der Waals surface area contributed by atoms with Gasteiger partial charge in [0.15, 0.2) is 0 Å². The Hall–Kier alpha value is -3.90. The van der Waals surface area contributed by atoms with Gasteiger partial charge in [-0.2, -0.15) is 0 Å². The summed E-state index contributed by atoms with van der Waals surface area (Å²) >= 11 is 0. The molecule has 180 valence electrons. The molecule has 0 N–H and O–H groups in total. The smallest absolute Gasteiger partial charge is 0.301 e. The molecule has 0 unspecified atom stereocenters. The van der Waals surface area contributed by atoms with Gasteiger partial charge in [-0.05, 0) is 28.9 Å². The van der Waals surface area contributed by atoms with Crippen LogP contribution >= 0.6 is 0 Å². The van der Waals surface area contributed by atoms with Crippen LogP contribution in [0.15, 0.2) is 119 Å². The van der Waals surface area contributed by atoms with E-state index in [-0.39, 0.29) is 20.4 Å². The van der Waals surface area contributed by atoms with E-state index in [1.807, 2.05) is 12.1 Å². The van der Waals surface area contributed by atoms with E-state index in [1.165, 1.54) is 10.8 Å². The molecule has 0 fully saturated rings. The quantitative estimate of drug-likeness (QED) is 0.116. The minimum Gasteiger partial charge on any atom is -0.301 e. The van der Waals surface area contributed by atoms with Crippen molar-refractivity contribution in [1.82, 2.24) is 0 Å². The van der Waals surface area contributed by atoms with E-state index in [2.05, 4.69) is 123 Å². The molecule has 0 saturated carbocycles. The van der Waals surface area contributed by atoms with Gasteiger partial charge in [0.25, 0.3) is 0 Å². The summed E-state index contributed by atoms with van der Waals surface area (Å²) in [4.78, 5) is 10.2. The molecule has 0 radical (unpaired) electrons. The van der Waals surface area contributed by atoms with Crippen LogP contribution in [-0.4, -0.2) is 11.4 Å². The summed E-state index contributed by atoms with van der Waals surface area (Å²) in [5.74, 6) is 0. The minimum atomic E-state index is 0. The monoisotopic (exact) mass is 566 g/mol. The summed E-state index contributed by atoms with van der Waals surface area (Å²) in [7, 11) is 0. The summed E-state index contributed by atoms with van der Waals surface area (Å²) in [6.45, 7) is 4.11. The fourth-order valence-electron chi connectivity index (χ4n) is 4.88. The Morgan fingerprint density at radius 3 is 1.43 bits per heavy atom. The average Bonchev–Trinajstić information content (AvgIpc) is 2.92. The first-order valence-corrected chi connectivity index (χ1v) is 12.1. The molecular weight excluding hydrogens is 543 g/mol. The molecule has 0 atom stereocenters. The molecule has 6 aromatic rings. The van der Waals surface area contributed by atoms with E-state index < -0.39 is 0 Å². The Kier molecular flexibility index (Phi) is 7.11. The van der Waals surface area contributed by atoms with E-state index in [0.717, 1.165) is 55.5 Å². The van der Waals surface area contributed by atoms with E-state index in [0.29, 0.717) is 0 Å².